The maximum absolute atomic E-state index is 13.3. The zero-order valence-corrected chi connectivity index (χ0v) is 35.6. The van der Waals surface area contributed by atoms with E-state index < -0.39 is 109 Å². The van der Waals surface area contributed by atoms with Gasteiger partial charge in [0.1, 0.15) is 30.2 Å². The van der Waals surface area contributed by atoms with Gasteiger partial charge in [-0.05, 0) is 70.6 Å². The van der Waals surface area contributed by atoms with Crippen molar-refractivity contribution in [1.82, 2.24) is 42.1 Å². The molecule has 0 heterocycles. The van der Waals surface area contributed by atoms with Gasteiger partial charge in [0.05, 0.1) is 25.3 Å². The third kappa shape index (κ3) is 17.5. The van der Waals surface area contributed by atoms with Gasteiger partial charge >= 0.3 is 0 Å². The highest BCUT2D eigenvalue weighted by molar-refractivity contribution is 6.38. The molecule has 0 saturated heterocycles. The Balaban J connectivity index is 2.80. The quantitative estimate of drug-likeness (QED) is 0.0408. The number of carbonyl (C=O) groups excluding carboxylic acids is 9. The van der Waals surface area contributed by atoms with Gasteiger partial charge in [0, 0.05) is 19.7 Å². The molecule has 330 valence electrons. The molecule has 0 fully saturated rings. The Kier molecular flexibility index (Phi) is 22.6. The third-order valence-electron chi connectivity index (χ3n) is 9.34. The zero-order valence-electron chi connectivity index (χ0n) is 35.6. The number of rotatable bonds is 25. The first-order valence-electron chi connectivity index (χ1n) is 19.9. The van der Waals surface area contributed by atoms with Crippen LogP contribution in [0.4, 0.5) is 0 Å². The number of aliphatic hydroxyl groups excluding tert-OH is 2. The maximum Gasteiger partial charge on any atom is 0.289 e. The van der Waals surface area contributed by atoms with Crippen molar-refractivity contribution in [3.63, 3.8) is 0 Å². The summed E-state index contributed by atoms with van der Waals surface area (Å²) in [5.41, 5.74) is 1.35. The average molecular weight is 833 g/mol. The molecular weight excluding hydrogens is 768 g/mol. The van der Waals surface area contributed by atoms with E-state index in [1.165, 1.54) is 41.8 Å². The van der Waals surface area contributed by atoms with Crippen molar-refractivity contribution in [2.75, 3.05) is 27.2 Å². The van der Waals surface area contributed by atoms with Gasteiger partial charge in [-0.15, -0.1) is 0 Å². The van der Waals surface area contributed by atoms with E-state index in [1.807, 2.05) is 12.1 Å². The summed E-state index contributed by atoms with van der Waals surface area (Å²) in [6.07, 6.45) is 4.00. The first-order chi connectivity index (χ1) is 27.7. The number of nitrogens with zero attached hydrogens (tertiary/aromatic N) is 1. The van der Waals surface area contributed by atoms with E-state index in [0.717, 1.165) is 42.6 Å². The zero-order chi connectivity index (χ0) is 45.0. The summed E-state index contributed by atoms with van der Waals surface area (Å²) in [5, 5.41) is 36.9. The second-order valence-corrected chi connectivity index (χ2v) is 14.9. The molecular formula is C40H64N8O11. The molecule has 0 spiro atoms. The number of benzene rings is 1. The van der Waals surface area contributed by atoms with Crippen molar-refractivity contribution in [3.05, 3.63) is 35.4 Å². The molecule has 0 radical (unpaired) electrons. The molecule has 0 aliphatic rings. The fourth-order valence-corrected chi connectivity index (χ4v) is 5.77. The van der Waals surface area contributed by atoms with Crippen molar-refractivity contribution < 1.29 is 53.4 Å². The second-order valence-electron chi connectivity index (χ2n) is 14.9. The third-order valence-corrected chi connectivity index (χ3v) is 9.34. The van der Waals surface area contributed by atoms with Gasteiger partial charge in [0.2, 0.25) is 41.2 Å². The lowest BCUT2D eigenvalue weighted by Gasteiger charge is -2.31. The molecule has 59 heavy (non-hydrogen) atoms. The van der Waals surface area contributed by atoms with Gasteiger partial charge in [-0.2, -0.15) is 0 Å². The van der Waals surface area contributed by atoms with E-state index in [-0.39, 0.29) is 17.9 Å². The summed E-state index contributed by atoms with van der Waals surface area (Å²) in [4.78, 5) is 116. The van der Waals surface area contributed by atoms with Gasteiger partial charge in [-0.25, -0.2) is 0 Å². The van der Waals surface area contributed by atoms with Crippen LogP contribution >= 0.6 is 0 Å². The summed E-state index contributed by atoms with van der Waals surface area (Å²) in [6.45, 7) is 9.48. The van der Waals surface area contributed by atoms with Crippen LogP contribution < -0.4 is 37.2 Å². The van der Waals surface area contributed by atoms with Crippen LogP contribution in [-0.2, 0) is 44.8 Å². The summed E-state index contributed by atoms with van der Waals surface area (Å²) in [6, 6.07) is -0.837. The van der Waals surface area contributed by atoms with Crippen LogP contribution in [0.2, 0.25) is 0 Å². The molecule has 1 rings (SSSR count). The first kappa shape index (κ1) is 51.6. The van der Waals surface area contributed by atoms with Crippen LogP contribution in [0.15, 0.2) is 24.3 Å². The minimum Gasteiger partial charge on any atom is -0.394 e. The van der Waals surface area contributed by atoms with Crippen LogP contribution in [-0.4, -0.2) is 138 Å². The number of amides is 8. The molecule has 2 unspecified atom stereocenters. The Hall–Kier alpha value is -5.43. The standard InChI is InChI=1S/C40H64N8O11/c1-10-11-12-13-14-27-15-17-28(18-16-27)36(55)47-30(21-49)38(57)44-24(5)34(53)42-20-31(51)48(9)32(26(7)50)39(58)45-25(6)35(54)46-29(19-22(2)3)37(56)43-23(4)33(52)40(59)41-8/h15-18,22-26,29-30,32,49-50H,10-14,19-21H2,1-9H3,(H,41,59)(H,42,53)(H,43,56)(H,44,57)(H,45,58)(H,46,54)(H,47,55)/t23?,24-,25+,26?,29+,30-,32+/m1/s1. The fourth-order valence-electron chi connectivity index (χ4n) is 5.77. The Bertz CT molecular complexity index is 1620. The minimum absolute atomic E-state index is 0.0939. The molecule has 8 amide bonds. The van der Waals surface area contributed by atoms with Gasteiger partial charge in [-0.1, -0.05) is 52.2 Å². The number of likely N-dealkylation sites (N-methyl/N-ethyl adjacent to an activating group) is 2. The van der Waals surface area contributed by atoms with Crippen molar-refractivity contribution >= 4 is 53.0 Å². The first-order valence-corrected chi connectivity index (χ1v) is 19.9. The lowest BCUT2D eigenvalue weighted by molar-refractivity contribution is -0.144. The van der Waals surface area contributed by atoms with Gasteiger partial charge in [0.15, 0.2) is 0 Å². The number of carbonyl (C=O) groups is 9. The van der Waals surface area contributed by atoms with Crippen molar-refractivity contribution in [2.45, 2.75) is 129 Å². The summed E-state index contributed by atoms with van der Waals surface area (Å²) < 4.78 is 0. The number of hydrogen-bond acceptors (Lipinski definition) is 11. The highest BCUT2D eigenvalue weighted by Crippen LogP contribution is 2.11. The molecule has 0 aromatic heterocycles. The lowest BCUT2D eigenvalue weighted by Crippen LogP contribution is -2.60. The lowest BCUT2D eigenvalue weighted by atomic mass is 10.0. The maximum atomic E-state index is 13.3. The molecule has 1 aromatic rings. The molecule has 0 bridgehead atoms. The second kappa shape index (κ2) is 25.8. The number of aryl methyl sites for hydroxylation is 1. The molecule has 0 saturated carbocycles. The van der Waals surface area contributed by atoms with E-state index in [4.69, 9.17) is 0 Å². The largest absolute Gasteiger partial charge is 0.394 e. The molecule has 0 aliphatic carbocycles. The molecule has 1 aromatic carbocycles. The molecule has 7 atom stereocenters. The van der Waals surface area contributed by atoms with Crippen LogP contribution in [0, 0.1) is 5.92 Å². The normalized spacial score (nSPS) is 14.5. The predicted octanol–water partition coefficient (Wildman–Crippen LogP) is -1.42. The fraction of sp³-hybridized carbons (Fsp3) is 0.625. The van der Waals surface area contributed by atoms with Crippen LogP contribution in [0.5, 0.6) is 0 Å². The molecule has 0 aliphatic heterocycles. The number of ketones is 1. The van der Waals surface area contributed by atoms with Crippen molar-refractivity contribution in [1.29, 1.82) is 0 Å². The highest BCUT2D eigenvalue weighted by Gasteiger charge is 2.34. The predicted molar refractivity (Wildman–Crippen MR) is 217 cm³/mol. The summed E-state index contributed by atoms with van der Waals surface area (Å²) in [5.74, 6) is -7.44. The topological polar surface area (TPSA) is 282 Å². The smallest absolute Gasteiger partial charge is 0.289 e. The molecule has 19 nitrogen and oxygen atoms in total. The van der Waals surface area contributed by atoms with Crippen LogP contribution in [0.1, 0.15) is 96.5 Å². The number of hydrogen-bond donors (Lipinski definition) is 9. The number of nitrogens with one attached hydrogen (secondary N) is 7. The van der Waals surface area contributed by atoms with Crippen molar-refractivity contribution in [2.24, 2.45) is 5.92 Å². The highest BCUT2D eigenvalue weighted by atomic mass is 16.3. The molecule has 19 heteroatoms. The Labute approximate surface area is 345 Å². The summed E-state index contributed by atoms with van der Waals surface area (Å²) in [7, 11) is 2.46. The SMILES string of the molecule is CCCCCCc1ccc(C(=O)N[C@H](CO)C(=O)N[C@H](C)C(=O)NCC(=O)N(C)[C@H](C(=O)N[C@@H](C)C(=O)N[C@@H](CC(C)C)C(=O)NC(C)C(=O)C(=O)NC)C(C)O)cc1. The van der Waals surface area contributed by atoms with Crippen molar-refractivity contribution in [3.8, 4) is 0 Å². The van der Waals surface area contributed by atoms with Crippen LogP contribution in [0.3, 0.4) is 0 Å². The van der Waals surface area contributed by atoms with Gasteiger partial charge in [0.25, 0.3) is 11.8 Å². The van der Waals surface area contributed by atoms with Gasteiger partial charge < -0.3 is 52.3 Å². The Morgan fingerprint density at radius 2 is 1.24 bits per heavy atom. The Morgan fingerprint density at radius 3 is 1.78 bits per heavy atom. The van der Waals surface area contributed by atoms with E-state index >= 15 is 0 Å². The minimum atomic E-state index is -1.53. The van der Waals surface area contributed by atoms with E-state index in [2.05, 4.69) is 44.1 Å². The Morgan fingerprint density at radius 1 is 0.678 bits per heavy atom. The van der Waals surface area contributed by atoms with Crippen LogP contribution in [0.25, 0.3) is 0 Å². The van der Waals surface area contributed by atoms with Gasteiger partial charge in [-0.3, -0.25) is 43.2 Å². The number of Topliss-reactive ketones (excluding diaryl/α,β-unsaturated/α-hetero) is 1. The number of aliphatic hydroxyl groups is 2. The van der Waals surface area contributed by atoms with E-state index in [1.54, 1.807) is 26.0 Å². The number of unbranched alkanes of at least 4 members (excludes halogenated alkanes) is 3. The van der Waals surface area contributed by atoms with E-state index in [0.29, 0.717) is 0 Å². The van der Waals surface area contributed by atoms with E-state index in [9.17, 15) is 53.4 Å². The monoisotopic (exact) mass is 832 g/mol. The summed E-state index contributed by atoms with van der Waals surface area (Å²) >= 11 is 0. The molecule has 9 N–H and O–H groups in total. The average Bonchev–Trinajstić information content (AvgIpc) is 3.18.